The highest BCUT2D eigenvalue weighted by Gasteiger charge is 2.34. The van der Waals surface area contributed by atoms with Gasteiger partial charge in [-0.25, -0.2) is 9.97 Å². The molecule has 3 heterocycles. The third kappa shape index (κ3) is 3.44. The molecule has 2 aromatic rings. The number of piperazine rings is 1. The van der Waals surface area contributed by atoms with E-state index >= 15 is 0 Å². The van der Waals surface area contributed by atoms with Crippen molar-refractivity contribution in [3.05, 3.63) is 24.2 Å². The molecule has 0 N–H and O–H groups in total. The quantitative estimate of drug-likeness (QED) is 0.810. The minimum Gasteiger partial charge on any atom is -0.352 e. The summed E-state index contributed by atoms with van der Waals surface area (Å²) < 4.78 is 1.70. The highest BCUT2D eigenvalue weighted by molar-refractivity contribution is 5.79. The monoisotopic (exact) mass is 379 g/mol. The van der Waals surface area contributed by atoms with Crippen molar-refractivity contribution in [1.82, 2.24) is 24.6 Å². The molecule has 1 saturated carbocycles. The Morgan fingerprint density at radius 3 is 2.68 bits per heavy atom. The summed E-state index contributed by atoms with van der Waals surface area (Å²) in [6, 6.07) is 2.29. The Bertz CT molecular complexity index is 910. The van der Waals surface area contributed by atoms with Gasteiger partial charge in [0.2, 0.25) is 5.91 Å². The molecule has 0 unspecified atom stereocenters. The second kappa shape index (κ2) is 7.58. The number of nitrogens with zero attached hydrogens (tertiary/aromatic N) is 7. The van der Waals surface area contributed by atoms with Crippen LogP contribution in [0.1, 0.15) is 38.2 Å². The molecule has 4 rings (SSSR count). The molecular weight excluding hydrogens is 354 g/mol. The van der Waals surface area contributed by atoms with Gasteiger partial charge in [-0.1, -0.05) is 12.8 Å². The molecule has 8 heteroatoms. The van der Waals surface area contributed by atoms with Gasteiger partial charge < -0.3 is 9.80 Å². The number of rotatable bonds is 3. The third-order valence-corrected chi connectivity index (χ3v) is 5.77. The zero-order valence-electron chi connectivity index (χ0n) is 16.4. The van der Waals surface area contributed by atoms with Crippen LogP contribution < -0.4 is 4.90 Å². The number of carbonyl (C=O) groups is 1. The van der Waals surface area contributed by atoms with Crippen LogP contribution in [-0.2, 0) is 11.8 Å². The lowest BCUT2D eigenvalue weighted by Crippen LogP contribution is -2.55. The van der Waals surface area contributed by atoms with E-state index in [1.165, 1.54) is 0 Å². The fraction of sp³-hybridized carbons (Fsp3) is 0.550. The number of carbonyl (C=O) groups excluding carboxylic acids is 1. The van der Waals surface area contributed by atoms with E-state index in [0.717, 1.165) is 31.2 Å². The number of hydrogen-bond donors (Lipinski definition) is 0. The Morgan fingerprint density at radius 2 is 2.04 bits per heavy atom. The van der Waals surface area contributed by atoms with Crippen LogP contribution in [0.15, 0.2) is 18.6 Å². The van der Waals surface area contributed by atoms with Gasteiger partial charge in [0.1, 0.15) is 11.6 Å². The first-order chi connectivity index (χ1) is 13.6. The van der Waals surface area contributed by atoms with Gasteiger partial charge in [0.25, 0.3) is 0 Å². The summed E-state index contributed by atoms with van der Waals surface area (Å²) in [4.78, 5) is 25.9. The van der Waals surface area contributed by atoms with Crippen molar-refractivity contribution in [3.8, 4) is 17.5 Å². The normalized spacial score (nSPS) is 20.4. The zero-order chi connectivity index (χ0) is 19.7. The number of hydrogen-bond acceptors (Lipinski definition) is 6. The molecule has 8 nitrogen and oxygen atoms in total. The van der Waals surface area contributed by atoms with E-state index in [9.17, 15) is 10.1 Å². The molecule has 2 fully saturated rings. The number of amides is 1. The van der Waals surface area contributed by atoms with Crippen molar-refractivity contribution in [2.75, 3.05) is 24.5 Å². The Balaban J connectivity index is 1.54. The molecule has 28 heavy (non-hydrogen) atoms. The van der Waals surface area contributed by atoms with Gasteiger partial charge in [-0.3, -0.25) is 9.48 Å². The Morgan fingerprint density at radius 1 is 1.25 bits per heavy atom. The van der Waals surface area contributed by atoms with Gasteiger partial charge in [-0.15, -0.1) is 0 Å². The lowest BCUT2D eigenvalue weighted by molar-refractivity contribution is -0.137. The van der Waals surface area contributed by atoms with E-state index in [2.05, 4.69) is 33.0 Å². The first-order valence-corrected chi connectivity index (χ1v) is 9.88. The SMILES string of the molecule is C[C@@H]1CN(c2nc(-c3cnn(C)c3)ncc2C#N)CCN1C(=O)C1CCCC1. The number of nitriles is 1. The maximum absolute atomic E-state index is 12.8. The largest absolute Gasteiger partial charge is 0.352 e. The minimum atomic E-state index is 0.0881. The molecule has 1 aliphatic heterocycles. The molecule has 2 aliphatic rings. The summed E-state index contributed by atoms with van der Waals surface area (Å²) >= 11 is 0. The summed E-state index contributed by atoms with van der Waals surface area (Å²) in [5.41, 5.74) is 1.27. The lowest BCUT2D eigenvalue weighted by atomic mass is 10.0. The molecule has 0 radical (unpaired) electrons. The summed E-state index contributed by atoms with van der Waals surface area (Å²) in [7, 11) is 1.84. The van der Waals surface area contributed by atoms with Crippen LogP contribution in [0, 0.1) is 17.2 Å². The fourth-order valence-electron chi connectivity index (χ4n) is 4.25. The maximum Gasteiger partial charge on any atom is 0.226 e. The van der Waals surface area contributed by atoms with E-state index < -0.39 is 0 Å². The smallest absolute Gasteiger partial charge is 0.226 e. The average molecular weight is 379 g/mol. The summed E-state index contributed by atoms with van der Waals surface area (Å²) in [5, 5.41) is 13.7. The molecular formula is C20H25N7O. The van der Waals surface area contributed by atoms with Crippen LogP contribution in [0.4, 0.5) is 5.82 Å². The van der Waals surface area contributed by atoms with Gasteiger partial charge in [0, 0.05) is 44.8 Å². The molecule has 1 saturated heterocycles. The number of aromatic nitrogens is 4. The van der Waals surface area contributed by atoms with Gasteiger partial charge in [-0.2, -0.15) is 10.4 Å². The molecule has 0 bridgehead atoms. The van der Waals surface area contributed by atoms with Crippen molar-refractivity contribution < 1.29 is 4.79 Å². The van der Waals surface area contributed by atoms with Crippen molar-refractivity contribution in [1.29, 1.82) is 5.26 Å². The Kier molecular flexibility index (Phi) is 4.99. The second-order valence-electron chi connectivity index (χ2n) is 7.75. The third-order valence-electron chi connectivity index (χ3n) is 5.77. The predicted molar refractivity (Wildman–Crippen MR) is 104 cm³/mol. The Hall–Kier alpha value is -2.95. The average Bonchev–Trinajstić information content (AvgIpc) is 3.39. The zero-order valence-corrected chi connectivity index (χ0v) is 16.4. The van der Waals surface area contributed by atoms with Crippen LogP contribution in [0.5, 0.6) is 0 Å². The van der Waals surface area contributed by atoms with Crippen molar-refractivity contribution in [2.45, 2.75) is 38.6 Å². The first kappa shape index (κ1) is 18.4. The number of anilines is 1. The van der Waals surface area contributed by atoms with E-state index in [1.54, 1.807) is 17.1 Å². The van der Waals surface area contributed by atoms with Crippen LogP contribution in [0.25, 0.3) is 11.4 Å². The molecule has 146 valence electrons. The van der Waals surface area contributed by atoms with E-state index in [1.807, 2.05) is 18.1 Å². The van der Waals surface area contributed by atoms with Crippen LogP contribution >= 0.6 is 0 Å². The molecule has 0 aromatic carbocycles. The van der Waals surface area contributed by atoms with Gasteiger partial charge >= 0.3 is 0 Å². The highest BCUT2D eigenvalue weighted by Crippen LogP contribution is 2.29. The van der Waals surface area contributed by atoms with Crippen molar-refractivity contribution in [3.63, 3.8) is 0 Å². The second-order valence-corrected chi connectivity index (χ2v) is 7.75. The summed E-state index contributed by atoms with van der Waals surface area (Å²) in [5.74, 6) is 1.68. The number of aryl methyl sites for hydroxylation is 1. The van der Waals surface area contributed by atoms with E-state index in [4.69, 9.17) is 0 Å². The Labute approximate surface area is 164 Å². The highest BCUT2D eigenvalue weighted by atomic mass is 16.2. The fourth-order valence-corrected chi connectivity index (χ4v) is 4.25. The van der Waals surface area contributed by atoms with Gasteiger partial charge in [-0.05, 0) is 19.8 Å². The van der Waals surface area contributed by atoms with E-state index in [-0.39, 0.29) is 12.0 Å². The summed E-state index contributed by atoms with van der Waals surface area (Å²) in [6.45, 7) is 4.07. The summed E-state index contributed by atoms with van der Waals surface area (Å²) in [6.07, 6.45) is 9.50. The maximum atomic E-state index is 12.8. The van der Waals surface area contributed by atoms with Crippen molar-refractivity contribution >= 4 is 11.7 Å². The molecule has 1 aliphatic carbocycles. The van der Waals surface area contributed by atoms with Crippen LogP contribution in [0.3, 0.4) is 0 Å². The molecule has 2 aromatic heterocycles. The van der Waals surface area contributed by atoms with Crippen LogP contribution in [-0.4, -0.2) is 56.2 Å². The molecule has 1 atom stereocenters. The topological polar surface area (TPSA) is 90.9 Å². The standard InChI is InChI=1S/C20H25N7O/c1-14-12-26(7-8-27(14)20(28)15-5-3-4-6-15)19-16(9-21)10-22-18(24-19)17-11-23-25(2)13-17/h10-11,13-15H,3-8,12H2,1-2H3/t14-/m1/s1. The van der Waals surface area contributed by atoms with Crippen molar-refractivity contribution in [2.24, 2.45) is 13.0 Å². The minimum absolute atomic E-state index is 0.0881. The first-order valence-electron chi connectivity index (χ1n) is 9.88. The predicted octanol–water partition coefficient (Wildman–Crippen LogP) is 1.98. The van der Waals surface area contributed by atoms with Gasteiger partial charge in [0.15, 0.2) is 11.6 Å². The van der Waals surface area contributed by atoms with E-state index in [0.29, 0.717) is 42.7 Å². The lowest BCUT2D eigenvalue weighted by Gasteiger charge is -2.41. The molecule has 0 spiro atoms. The van der Waals surface area contributed by atoms with Crippen LogP contribution in [0.2, 0.25) is 0 Å². The van der Waals surface area contributed by atoms with Gasteiger partial charge in [0.05, 0.1) is 18.0 Å². The molecule has 1 amide bonds.